The number of benzene rings is 3. The molecule has 1 aliphatic carbocycles. The summed E-state index contributed by atoms with van der Waals surface area (Å²) >= 11 is 3.51. The molecule has 170 valence electrons. The Hall–Kier alpha value is -3.44. The molecule has 0 N–H and O–H groups in total. The van der Waals surface area contributed by atoms with Crippen molar-refractivity contribution in [2.75, 3.05) is 6.61 Å². The number of halogens is 1. The van der Waals surface area contributed by atoms with Gasteiger partial charge in [0.1, 0.15) is 0 Å². The standard InChI is InChI=1S/C29H24BrNO3/c1-2-34-29(33)21-9-6-10-24(15-21)31-26(20-11-13-23(30)14-12-20)18-25-27(31)16-22(17-28(25)32)19-7-4-3-5-8-19/h3-15,18,22H,2,16-17H2,1H3/t22-/m1/s1. The number of hydrogen-bond acceptors (Lipinski definition) is 3. The summed E-state index contributed by atoms with van der Waals surface area (Å²) in [6.45, 7) is 2.12. The third-order valence-electron chi connectivity index (χ3n) is 6.30. The molecule has 1 aromatic heterocycles. The van der Waals surface area contributed by atoms with Gasteiger partial charge in [-0.2, -0.15) is 0 Å². The van der Waals surface area contributed by atoms with Gasteiger partial charge in [-0.15, -0.1) is 0 Å². The average Bonchev–Trinajstić information content (AvgIpc) is 3.25. The summed E-state index contributed by atoms with van der Waals surface area (Å²) in [7, 11) is 0. The van der Waals surface area contributed by atoms with E-state index in [1.807, 2.05) is 66.7 Å². The lowest BCUT2D eigenvalue weighted by atomic mass is 9.82. The van der Waals surface area contributed by atoms with Gasteiger partial charge in [-0.1, -0.05) is 64.5 Å². The van der Waals surface area contributed by atoms with Crippen molar-refractivity contribution in [3.8, 4) is 16.9 Å². The van der Waals surface area contributed by atoms with E-state index in [1.165, 1.54) is 5.56 Å². The van der Waals surface area contributed by atoms with E-state index in [0.29, 0.717) is 18.6 Å². The van der Waals surface area contributed by atoms with E-state index in [-0.39, 0.29) is 17.7 Å². The van der Waals surface area contributed by atoms with Crippen LogP contribution in [0.4, 0.5) is 0 Å². The van der Waals surface area contributed by atoms with E-state index in [2.05, 4.69) is 32.6 Å². The van der Waals surface area contributed by atoms with Crippen LogP contribution in [0.2, 0.25) is 0 Å². The second kappa shape index (κ2) is 9.43. The molecule has 0 unspecified atom stereocenters. The second-order valence-corrected chi connectivity index (χ2v) is 9.36. The Morgan fingerprint density at radius 3 is 2.47 bits per heavy atom. The molecule has 0 saturated heterocycles. The van der Waals surface area contributed by atoms with E-state index in [0.717, 1.165) is 39.1 Å². The Labute approximate surface area is 207 Å². The predicted molar refractivity (Wildman–Crippen MR) is 137 cm³/mol. The summed E-state index contributed by atoms with van der Waals surface area (Å²) in [5.74, 6) is -0.0941. The highest BCUT2D eigenvalue weighted by Crippen LogP contribution is 2.39. The van der Waals surface area contributed by atoms with Gasteiger partial charge >= 0.3 is 5.97 Å². The lowest BCUT2D eigenvalue weighted by molar-refractivity contribution is 0.0526. The number of esters is 1. The summed E-state index contributed by atoms with van der Waals surface area (Å²) < 4.78 is 8.35. The molecule has 0 bridgehead atoms. The fourth-order valence-corrected chi connectivity index (χ4v) is 4.97. The van der Waals surface area contributed by atoms with Gasteiger partial charge < -0.3 is 9.30 Å². The molecule has 4 aromatic rings. The maximum Gasteiger partial charge on any atom is 0.338 e. The molecule has 0 amide bonds. The zero-order valence-electron chi connectivity index (χ0n) is 18.8. The monoisotopic (exact) mass is 513 g/mol. The fourth-order valence-electron chi connectivity index (χ4n) is 4.71. The molecule has 0 fully saturated rings. The number of ether oxygens (including phenoxy) is 1. The maximum atomic E-state index is 13.3. The van der Waals surface area contributed by atoms with Crippen LogP contribution in [0.1, 0.15) is 51.2 Å². The van der Waals surface area contributed by atoms with Crippen LogP contribution in [-0.4, -0.2) is 22.9 Å². The number of aromatic nitrogens is 1. The largest absolute Gasteiger partial charge is 0.462 e. The van der Waals surface area contributed by atoms with Crippen LogP contribution in [-0.2, 0) is 11.2 Å². The quantitative estimate of drug-likeness (QED) is 0.270. The van der Waals surface area contributed by atoms with Crippen LogP contribution in [0.5, 0.6) is 0 Å². The number of carbonyl (C=O) groups is 2. The van der Waals surface area contributed by atoms with Crippen molar-refractivity contribution < 1.29 is 14.3 Å². The van der Waals surface area contributed by atoms with Gasteiger partial charge in [0.15, 0.2) is 5.78 Å². The number of carbonyl (C=O) groups excluding carboxylic acids is 2. The molecule has 0 spiro atoms. The molecule has 0 aliphatic heterocycles. The first-order chi connectivity index (χ1) is 16.5. The lowest BCUT2D eigenvalue weighted by Gasteiger charge is -2.24. The van der Waals surface area contributed by atoms with E-state index in [9.17, 15) is 9.59 Å². The molecule has 4 nitrogen and oxygen atoms in total. The van der Waals surface area contributed by atoms with Crippen LogP contribution in [0.3, 0.4) is 0 Å². The minimum atomic E-state index is -0.353. The highest BCUT2D eigenvalue weighted by Gasteiger charge is 2.31. The molecular formula is C29H24BrNO3. The smallest absolute Gasteiger partial charge is 0.338 e. The molecule has 0 saturated carbocycles. The highest BCUT2D eigenvalue weighted by atomic mass is 79.9. The Morgan fingerprint density at radius 1 is 0.971 bits per heavy atom. The normalized spacial score (nSPS) is 15.1. The third-order valence-corrected chi connectivity index (χ3v) is 6.83. The number of ketones is 1. The van der Waals surface area contributed by atoms with Crippen molar-refractivity contribution in [2.45, 2.75) is 25.7 Å². The first kappa shape index (κ1) is 22.4. The van der Waals surface area contributed by atoms with E-state index < -0.39 is 0 Å². The van der Waals surface area contributed by atoms with Gasteiger partial charge in [0.25, 0.3) is 0 Å². The summed E-state index contributed by atoms with van der Waals surface area (Å²) in [5, 5.41) is 0. The molecule has 34 heavy (non-hydrogen) atoms. The van der Waals surface area contributed by atoms with Gasteiger partial charge in [-0.05, 0) is 66.8 Å². The van der Waals surface area contributed by atoms with Crippen molar-refractivity contribution in [3.63, 3.8) is 0 Å². The molecule has 3 aromatic carbocycles. The average molecular weight is 514 g/mol. The van der Waals surface area contributed by atoms with Crippen molar-refractivity contribution in [1.29, 1.82) is 0 Å². The highest BCUT2D eigenvalue weighted by molar-refractivity contribution is 9.10. The number of Topliss-reactive ketones (excluding diaryl/α,β-unsaturated/α-hetero) is 1. The SMILES string of the molecule is CCOC(=O)c1cccc(-n2c(-c3ccc(Br)cc3)cc3c2C[C@@H](c2ccccc2)CC3=O)c1. The van der Waals surface area contributed by atoms with Crippen LogP contribution in [0.15, 0.2) is 89.4 Å². The van der Waals surface area contributed by atoms with Crippen molar-refractivity contribution in [3.05, 3.63) is 112 Å². The van der Waals surface area contributed by atoms with Gasteiger partial charge in [0.2, 0.25) is 0 Å². The summed E-state index contributed by atoms with van der Waals surface area (Å²) in [4.78, 5) is 25.8. The zero-order valence-corrected chi connectivity index (χ0v) is 20.4. The van der Waals surface area contributed by atoms with Crippen LogP contribution in [0, 0.1) is 0 Å². The summed E-state index contributed by atoms with van der Waals surface area (Å²) in [5.41, 5.74) is 6.16. The van der Waals surface area contributed by atoms with Crippen LogP contribution >= 0.6 is 15.9 Å². The maximum absolute atomic E-state index is 13.3. The summed E-state index contributed by atoms with van der Waals surface area (Å²) in [6.07, 6.45) is 1.23. The minimum absolute atomic E-state index is 0.112. The molecule has 1 aliphatic rings. The Morgan fingerprint density at radius 2 is 1.74 bits per heavy atom. The molecule has 1 atom stereocenters. The topological polar surface area (TPSA) is 48.3 Å². The first-order valence-corrected chi connectivity index (χ1v) is 12.2. The van der Waals surface area contributed by atoms with Crippen molar-refractivity contribution in [2.24, 2.45) is 0 Å². The minimum Gasteiger partial charge on any atom is -0.462 e. The Balaban J connectivity index is 1.68. The van der Waals surface area contributed by atoms with Gasteiger partial charge in [0.05, 0.1) is 17.9 Å². The van der Waals surface area contributed by atoms with Gasteiger partial charge in [-0.3, -0.25) is 4.79 Å². The zero-order chi connectivity index (χ0) is 23.7. The van der Waals surface area contributed by atoms with E-state index in [1.54, 1.807) is 13.0 Å². The number of hydrogen-bond donors (Lipinski definition) is 0. The second-order valence-electron chi connectivity index (χ2n) is 8.44. The number of nitrogens with zero attached hydrogens (tertiary/aromatic N) is 1. The van der Waals surface area contributed by atoms with Crippen molar-refractivity contribution >= 4 is 27.7 Å². The van der Waals surface area contributed by atoms with Crippen molar-refractivity contribution in [1.82, 2.24) is 4.57 Å². The van der Waals surface area contributed by atoms with E-state index in [4.69, 9.17) is 4.74 Å². The Bertz CT molecular complexity index is 1360. The fraction of sp³-hybridized carbons (Fsp3) is 0.172. The molecule has 1 heterocycles. The lowest BCUT2D eigenvalue weighted by Crippen LogP contribution is -2.20. The van der Waals surface area contributed by atoms with Gasteiger partial charge in [0, 0.05) is 27.8 Å². The van der Waals surface area contributed by atoms with E-state index >= 15 is 0 Å². The van der Waals surface area contributed by atoms with Crippen LogP contribution < -0.4 is 0 Å². The van der Waals surface area contributed by atoms with Gasteiger partial charge in [-0.25, -0.2) is 4.79 Å². The molecule has 5 rings (SSSR count). The molecular weight excluding hydrogens is 490 g/mol. The molecule has 5 heteroatoms. The number of rotatable bonds is 5. The predicted octanol–water partition coefficient (Wildman–Crippen LogP) is 7.00. The summed E-state index contributed by atoms with van der Waals surface area (Å²) in [6, 6.07) is 27.7. The van der Waals surface area contributed by atoms with Crippen LogP contribution in [0.25, 0.3) is 16.9 Å². The Kier molecular flexibility index (Phi) is 6.20. The molecule has 0 radical (unpaired) electrons. The first-order valence-electron chi connectivity index (χ1n) is 11.4. The number of fused-ring (bicyclic) bond motifs is 1. The third kappa shape index (κ3) is 4.24.